The maximum absolute atomic E-state index is 4.93. The molecule has 0 heterocycles. The third kappa shape index (κ3) is 11.9. The molecule has 0 aliphatic carbocycles. The Kier molecular flexibility index (Phi) is 16.2. The number of rotatable bonds is 2. The van der Waals surface area contributed by atoms with E-state index in [1.165, 1.54) is 99.4 Å². The molecule has 0 fully saturated rings. The fraction of sp³-hybridized carbons (Fsp3) is 0.426. The predicted octanol–water partition coefficient (Wildman–Crippen LogP) is 17.7. The van der Waals surface area contributed by atoms with E-state index in [0.717, 1.165) is 0 Å². The van der Waals surface area contributed by atoms with Crippen LogP contribution >= 0.6 is 17.0 Å². The van der Waals surface area contributed by atoms with Crippen molar-refractivity contribution in [2.45, 2.75) is 153 Å². The van der Waals surface area contributed by atoms with Gasteiger partial charge in [0.05, 0.1) is 0 Å². The molecule has 0 unspecified atom stereocenters. The second kappa shape index (κ2) is 18.9. The Balaban J connectivity index is 0.000000275. The summed E-state index contributed by atoms with van der Waals surface area (Å²) in [6.45, 7) is 46.0. The van der Waals surface area contributed by atoms with Gasteiger partial charge in [0.2, 0.25) is 0 Å². The molecule has 3 heteroatoms. The van der Waals surface area contributed by atoms with Crippen LogP contribution in [0.1, 0.15) is 146 Å². The van der Waals surface area contributed by atoms with E-state index in [2.05, 4.69) is 204 Å². The molecule has 0 aliphatic heterocycles. The van der Waals surface area contributed by atoms with Gasteiger partial charge in [0.1, 0.15) is 0 Å². The van der Waals surface area contributed by atoms with E-state index in [0.29, 0.717) is 0 Å². The number of aryl methyl sites for hydroxylation is 6. The number of benzene rings is 4. The van der Waals surface area contributed by atoms with Crippen LogP contribution in [0.4, 0.5) is 0 Å². The van der Waals surface area contributed by atoms with Gasteiger partial charge in [0.25, 0.3) is 0 Å². The zero-order valence-corrected chi connectivity index (χ0v) is 42.9. The maximum atomic E-state index is 4.93. The SMILES string of the molecule is Cc1cc2c(-c3cc(C(C)(C)C)cc(C(C)(C)C)c3)cc(C)c(C)c2[cH-]1.Cc1cc2c(-c3cc(C(C)(C)C)cc(C(C)(C)C)c3)cc(C)c(C)c2[cH-]1.[CH2-]C.[Cl][Zr][Cl]. The van der Waals surface area contributed by atoms with Gasteiger partial charge in [-0.1, -0.05) is 182 Å². The summed E-state index contributed by atoms with van der Waals surface area (Å²) in [5.41, 5.74) is 19.9. The van der Waals surface area contributed by atoms with Gasteiger partial charge in [-0.05, 0) is 68.9 Å². The molecule has 0 radical (unpaired) electrons. The van der Waals surface area contributed by atoms with Crippen LogP contribution in [0.5, 0.6) is 0 Å². The van der Waals surface area contributed by atoms with E-state index >= 15 is 0 Å². The van der Waals surface area contributed by atoms with Gasteiger partial charge in [-0.15, -0.1) is 55.9 Å². The van der Waals surface area contributed by atoms with Crippen molar-refractivity contribution in [3.8, 4) is 22.3 Å². The first-order chi connectivity index (χ1) is 26.2. The van der Waals surface area contributed by atoms with Crippen molar-refractivity contribution in [1.82, 2.24) is 0 Å². The molecule has 57 heavy (non-hydrogen) atoms. The van der Waals surface area contributed by atoms with Gasteiger partial charge < -0.3 is 6.92 Å². The number of halogens is 2. The van der Waals surface area contributed by atoms with E-state index in [4.69, 9.17) is 17.0 Å². The van der Waals surface area contributed by atoms with E-state index in [9.17, 15) is 0 Å². The van der Waals surface area contributed by atoms with Crippen LogP contribution in [0, 0.1) is 48.5 Å². The van der Waals surface area contributed by atoms with Crippen molar-refractivity contribution in [2.24, 2.45) is 0 Å². The molecule has 0 aliphatic rings. The molecule has 0 saturated carbocycles. The summed E-state index contributed by atoms with van der Waals surface area (Å²) in [6, 6.07) is 28.5. The molecule has 0 aromatic heterocycles. The molecule has 308 valence electrons. The summed E-state index contributed by atoms with van der Waals surface area (Å²) >= 11 is -0.826. The molecular formula is C54H71Cl2Zr-3. The number of fused-ring (bicyclic) bond motifs is 2. The Bertz CT molecular complexity index is 2070. The fourth-order valence-corrected chi connectivity index (χ4v) is 7.38. The third-order valence-corrected chi connectivity index (χ3v) is 11.3. The van der Waals surface area contributed by atoms with Crippen LogP contribution in [0.2, 0.25) is 0 Å². The fourth-order valence-electron chi connectivity index (χ4n) is 7.38. The molecule has 6 aromatic carbocycles. The minimum atomic E-state index is -0.826. The molecule has 0 atom stereocenters. The summed E-state index contributed by atoms with van der Waals surface area (Å²) in [5.74, 6) is 0. The Morgan fingerprint density at radius 3 is 0.895 bits per heavy atom. The zero-order valence-electron chi connectivity index (χ0n) is 38.9. The minimum absolute atomic E-state index is 0.136. The van der Waals surface area contributed by atoms with Crippen LogP contribution in [-0.2, 0) is 42.5 Å². The topological polar surface area (TPSA) is 0 Å². The van der Waals surface area contributed by atoms with Crippen molar-refractivity contribution in [2.75, 3.05) is 0 Å². The predicted molar refractivity (Wildman–Crippen MR) is 256 cm³/mol. The summed E-state index contributed by atoms with van der Waals surface area (Å²) in [5, 5.41) is 5.57. The molecule has 0 nitrogen and oxygen atoms in total. The molecule has 6 aromatic rings. The summed E-state index contributed by atoms with van der Waals surface area (Å²) in [6.07, 6.45) is 0. The summed E-state index contributed by atoms with van der Waals surface area (Å²) < 4.78 is 0. The van der Waals surface area contributed by atoms with Crippen LogP contribution in [0.15, 0.2) is 72.8 Å². The molecule has 0 saturated heterocycles. The quantitative estimate of drug-likeness (QED) is 0.152. The molecule has 0 amide bonds. The second-order valence-corrected chi connectivity index (χ2v) is 23.9. The average Bonchev–Trinajstić information content (AvgIpc) is 3.70. The first-order valence-corrected chi connectivity index (χ1v) is 26.8. The Morgan fingerprint density at radius 1 is 0.421 bits per heavy atom. The van der Waals surface area contributed by atoms with Crippen LogP contribution < -0.4 is 0 Å². The van der Waals surface area contributed by atoms with Crippen molar-refractivity contribution in [3.63, 3.8) is 0 Å². The van der Waals surface area contributed by atoms with Gasteiger partial charge >= 0.3 is 37.9 Å². The van der Waals surface area contributed by atoms with Gasteiger partial charge in [-0.25, -0.2) is 0 Å². The Labute approximate surface area is 367 Å². The molecule has 0 spiro atoms. The van der Waals surface area contributed by atoms with E-state index in [-0.39, 0.29) is 21.7 Å². The van der Waals surface area contributed by atoms with Gasteiger partial charge in [0, 0.05) is 0 Å². The Morgan fingerprint density at radius 2 is 0.667 bits per heavy atom. The summed E-state index contributed by atoms with van der Waals surface area (Å²) in [4.78, 5) is 0. The van der Waals surface area contributed by atoms with Crippen LogP contribution in [0.3, 0.4) is 0 Å². The molecular weight excluding hydrogens is 811 g/mol. The molecule has 0 N–H and O–H groups in total. The standard InChI is InChI=1S/2C26H33.C2H5.2ClH.Zr/c2*1-16-10-22-18(3)17(2)12-23(24(22)11-16)19-13-20(25(4,5)6)15-21(14-19)26(7,8)9;1-2;;;/h2*10-15H,1-9H3;1H2,2H3;2*1H;/q3*-1;;;+2/p-2. The van der Waals surface area contributed by atoms with Crippen molar-refractivity contribution in [3.05, 3.63) is 135 Å². The van der Waals surface area contributed by atoms with Crippen molar-refractivity contribution < 1.29 is 20.8 Å². The van der Waals surface area contributed by atoms with E-state index in [1.807, 2.05) is 0 Å². The number of hydrogen-bond acceptors (Lipinski definition) is 0. The van der Waals surface area contributed by atoms with Crippen LogP contribution in [0.25, 0.3) is 43.8 Å². The summed E-state index contributed by atoms with van der Waals surface area (Å²) in [7, 11) is 9.87. The second-order valence-electron chi connectivity index (χ2n) is 20.1. The van der Waals surface area contributed by atoms with Gasteiger partial charge in [0.15, 0.2) is 0 Å². The Hall–Kier alpha value is -2.44. The van der Waals surface area contributed by atoms with E-state index in [1.54, 1.807) is 6.92 Å². The molecule has 6 rings (SSSR count). The first-order valence-electron chi connectivity index (χ1n) is 20.5. The van der Waals surface area contributed by atoms with Gasteiger partial charge in [-0.3, -0.25) is 0 Å². The monoisotopic (exact) mass is 879 g/mol. The average molecular weight is 882 g/mol. The van der Waals surface area contributed by atoms with Crippen LogP contribution in [-0.4, -0.2) is 0 Å². The van der Waals surface area contributed by atoms with Gasteiger partial charge in [-0.2, -0.15) is 19.1 Å². The third-order valence-electron chi connectivity index (χ3n) is 11.3. The first kappa shape index (κ1) is 48.9. The van der Waals surface area contributed by atoms with E-state index < -0.39 is 20.8 Å². The van der Waals surface area contributed by atoms with Crippen molar-refractivity contribution in [1.29, 1.82) is 0 Å². The molecule has 0 bridgehead atoms. The zero-order chi connectivity index (χ0) is 43.6. The van der Waals surface area contributed by atoms with Crippen molar-refractivity contribution >= 4 is 38.6 Å². The normalized spacial score (nSPS) is 12.0. The number of hydrogen-bond donors (Lipinski definition) is 0.